The molecule has 0 saturated heterocycles. The maximum atomic E-state index is 13.2. The number of aromatic nitrogens is 3. The third-order valence-electron chi connectivity index (χ3n) is 3.38. The third-order valence-corrected chi connectivity index (χ3v) is 4.39. The summed E-state index contributed by atoms with van der Waals surface area (Å²) in [6, 6.07) is 7.30. The number of halogens is 1. The highest BCUT2D eigenvalue weighted by molar-refractivity contribution is 7.98. The summed E-state index contributed by atoms with van der Waals surface area (Å²) in [4.78, 5) is 0. The van der Waals surface area contributed by atoms with Gasteiger partial charge in [-0.05, 0) is 30.5 Å². The fourth-order valence-corrected chi connectivity index (χ4v) is 3.19. The second-order valence-electron chi connectivity index (χ2n) is 5.52. The van der Waals surface area contributed by atoms with E-state index in [0.29, 0.717) is 12.0 Å². The van der Waals surface area contributed by atoms with E-state index in [-0.39, 0.29) is 5.82 Å². The Morgan fingerprint density at radius 3 is 2.80 bits per heavy atom. The summed E-state index contributed by atoms with van der Waals surface area (Å²) >= 11 is 1.64. The van der Waals surface area contributed by atoms with Crippen molar-refractivity contribution in [2.45, 2.75) is 49.6 Å². The molecule has 1 fully saturated rings. The van der Waals surface area contributed by atoms with Gasteiger partial charge in [-0.15, -0.1) is 10.2 Å². The Labute approximate surface area is 122 Å². The molecule has 0 bridgehead atoms. The molecule has 1 aliphatic carbocycles. The van der Waals surface area contributed by atoms with Gasteiger partial charge < -0.3 is 4.57 Å². The number of nitrogens with zero attached hydrogens (tertiary/aromatic N) is 3. The van der Waals surface area contributed by atoms with E-state index < -0.39 is 0 Å². The number of rotatable bonds is 5. The molecule has 1 aromatic carbocycles. The molecule has 5 heteroatoms. The second-order valence-corrected chi connectivity index (χ2v) is 6.46. The Morgan fingerprint density at radius 2 is 2.15 bits per heavy atom. The molecule has 106 valence electrons. The van der Waals surface area contributed by atoms with Gasteiger partial charge in [0.15, 0.2) is 5.16 Å². The lowest BCUT2D eigenvalue weighted by Gasteiger charge is -2.10. The average molecular weight is 291 g/mol. The van der Waals surface area contributed by atoms with Gasteiger partial charge in [-0.2, -0.15) is 0 Å². The van der Waals surface area contributed by atoms with Crippen LogP contribution in [0.5, 0.6) is 0 Å². The summed E-state index contributed by atoms with van der Waals surface area (Å²) in [5, 5.41) is 9.60. The van der Waals surface area contributed by atoms with Gasteiger partial charge in [-0.1, -0.05) is 37.7 Å². The van der Waals surface area contributed by atoms with Crippen molar-refractivity contribution in [3.8, 4) is 0 Å². The number of hydrogen-bond acceptors (Lipinski definition) is 3. The van der Waals surface area contributed by atoms with Crippen LogP contribution in [-0.4, -0.2) is 14.8 Å². The minimum Gasteiger partial charge on any atom is -0.303 e. The van der Waals surface area contributed by atoms with E-state index >= 15 is 0 Å². The van der Waals surface area contributed by atoms with Crippen molar-refractivity contribution in [3.05, 3.63) is 41.5 Å². The van der Waals surface area contributed by atoms with Gasteiger partial charge >= 0.3 is 0 Å². The highest BCUT2D eigenvalue weighted by Crippen LogP contribution is 2.40. The maximum absolute atomic E-state index is 13.2. The molecule has 2 aromatic rings. The van der Waals surface area contributed by atoms with Crippen molar-refractivity contribution in [2.75, 3.05) is 0 Å². The highest BCUT2D eigenvalue weighted by atomic mass is 32.2. The van der Waals surface area contributed by atoms with Crippen molar-refractivity contribution in [1.29, 1.82) is 0 Å². The Balaban J connectivity index is 1.77. The van der Waals surface area contributed by atoms with Crippen LogP contribution in [0.2, 0.25) is 0 Å². The molecule has 0 unspecified atom stereocenters. The number of benzene rings is 1. The predicted molar refractivity (Wildman–Crippen MR) is 78.3 cm³/mol. The number of hydrogen-bond donors (Lipinski definition) is 0. The number of thioether (sulfide) groups is 1. The van der Waals surface area contributed by atoms with Crippen LogP contribution in [0.15, 0.2) is 29.4 Å². The van der Waals surface area contributed by atoms with E-state index in [1.165, 1.54) is 18.9 Å². The molecular weight excluding hydrogens is 273 g/mol. The smallest absolute Gasteiger partial charge is 0.191 e. The van der Waals surface area contributed by atoms with Crippen LogP contribution in [0.4, 0.5) is 4.39 Å². The van der Waals surface area contributed by atoms with Crippen molar-refractivity contribution >= 4 is 11.8 Å². The second kappa shape index (κ2) is 5.56. The molecule has 1 saturated carbocycles. The first kappa shape index (κ1) is 13.6. The molecule has 0 amide bonds. The largest absolute Gasteiger partial charge is 0.303 e. The molecule has 1 heterocycles. The minimum absolute atomic E-state index is 0.186. The Bertz CT molecular complexity index is 605. The van der Waals surface area contributed by atoms with E-state index in [2.05, 4.69) is 28.6 Å². The molecule has 3 rings (SSSR count). The maximum Gasteiger partial charge on any atom is 0.191 e. The molecule has 0 atom stereocenters. The summed E-state index contributed by atoms with van der Waals surface area (Å²) in [7, 11) is 0. The Kier molecular flexibility index (Phi) is 3.78. The Hall–Kier alpha value is -1.36. The van der Waals surface area contributed by atoms with Crippen LogP contribution in [0.25, 0.3) is 0 Å². The van der Waals surface area contributed by atoms with Crippen LogP contribution < -0.4 is 0 Å². The minimum atomic E-state index is -0.186. The summed E-state index contributed by atoms with van der Waals surface area (Å²) in [6.07, 6.45) is 2.43. The van der Waals surface area contributed by atoms with E-state index in [9.17, 15) is 4.39 Å². The van der Waals surface area contributed by atoms with Crippen molar-refractivity contribution in [2.24, 2.45) is 0 Å². The zero-order chi connectivity index (χ0) is 14.1. The summed E-state index contributed by atoms with van der Waals surface area (Å²) in [5.74, 6) is 1.98. The van der Waals surface area contributed by atoms with Crippen LogP contribution in [0.1, 0.15) is 50.0 Å². The van der Waals surface area contributed by atoms with Gasteiger partial charge in [0.2, 0.25) is 0 Å². The zero-order valence-electron chi connectivity index (χ0n) is 11.7. The topological polar surface area (TPSA) is 30.7 Å². The van der Waals surface area contributed by atoms with Crippen LogP contribution in [0.3, 0.4) is 0 Å². The first-order valence-corrected chi connectivity index (χ1v) is 7.95. The highest BCUT2D eigenvalue weighted by Gasteiger charge is 2.30. The normalized spacial score (nSPS) is 15.0. The monoisotopic (exact) mass is 291 g/mol. The molecule has 0 N–H and O–H groups in total. The van der Waals surface area contributed by atoms with E-state index in [1.807, 2.05) is 6.07 Å². The lowest BCUT2D eigenvalue weighted by atomic mass is 10.2. The molecular formula is C15H18FN3S. The van der Waals surface area contributed by atoms with Gasteiger partial charge in [0.1, 0.15) is 11.6 Å². The molecule has 1 aromatic heterocycles. The molecule has 3 nitrogen and oxygen atoms in total. The molecule has 0 aliphatic heterocycles. The standard InChI is InChI=1S/C15H18FN3S/c1-10(2)14-17-18-15(19(14)13-6-7-13)20-9-11-4-3-5-12(16)8-11/h3-5,8,10,13H,6-7,9H2,1-2H3. The van der Waals surface area contributed by atoms with Crippen molar-refractivity contribution in [3.63, 3.8) is 0 Å². The molecule has 0 spiro atoms. The average Bonchev–Trinajstić information content (AvgIpc) is 3.16. The summed E-state index contributed by atoms with van der Waals surface area (Å²) < 4.78 is 15.5. The lowest BCUT2D eigenvalue weighted by molar-refractivity contribution is 0.599. The van der Waals surface area contributed by atoms with E-state index in [4.69, 9.17) is 0 Å². The first-order valence-electron chi connectivity index (χ1n) is 6.97. The van der Waals surface area contributed by atoms with Crippen molar-refractivity contribution in [1.82, 2.24) is 14.8 Å². The van der Waals surface area contributed by atoms with Gasteiger partial charge in [-0.25, -0.2) is 4.39 Å². The van der Waals surface area contributed by atoms with Crippen molar-refractivity contribution < 1.29 is 4.39 Å². The van der Waals surface area contributed by atoms with Gasteiger partial charge in [0.05, 0.1) is 0 Å². The quantitative estimate of drug-likeness (QED) is 0.775. The fraction of sp³-hybridized carbons (Fsp3) is 0.467. The van der Waals surface area contributed by atoms with E-state index in [0.717, 1.165) is 22.3 Å². The summed E-state index contributed by atoms with van der Waals surface area (Å²) in [5.41, 5.74) is 0.978. The fourth-order valence-electron chi connectivity index (χ4n) is 2.23. The van der Waals surface area contributed by atoms with Gasteiger partial charge in [0.25, 0.3) is 0 Å². The van der Waals surface area contributed by atoms with Crippen LogP contribution in [0, 0.1) is 5.82 Å². The third kappa shape index (κ3) is 2.87. The molecule has 20 heavy (non-hydrogen) atoms. The van der Waals surface area contributed by atoms with Crippen LogP contribution >= 0.6 is 11.8 Å². The Morgan fingerprint density at radius 1 is 1.35 bits per heavy atom. The van der Waals surface area contributed by atoms with Gasteiger partial charge in [0, 0.05) is 17.7 Å². The van der Waals surface area contributed by atoms with Crippen LogP contribution in [-0.2, 0) is 5.75 Å². The molecule has 0 radical (unpaired) electrons. The SMILES string of the molecule is CC(C)c1nnc(SCc2cccc(F)c2)n1C1CC1. The van der Waals surface area contributed by atoms with Gasteiger partial charge in [-0.3, -0.25) is 0 Å². The zero-order valence-corrected chi connectivity index (χ0v) is 12.5. The van der Waals surface area contributed by atoms with E-state index in [1.54, 1.807) is 23.9 Å². The first-order chi connectivity index (χ1) is 9.65. The molecule has 1 aliphatic rings. The predicted octanol–water partition coefficient (Wildman–Crippen LogP) is 4.17. The summed E-state index contributed by atoms with van der Waals surface area (Å²) in [6.45, 7) is 4.29. The lowest BCUT2D eigenvalue weighted by Crippen LogP contribution is -2.04.